The van der Waals surface area contributed by atoms with E-state index in [0.29, 0.717) is 10.4 Å². The van der Waals surface area contributed by atoms with Crippen LogP contribution in [0, 0.1) is 11.0 Å². The smallest absolute Gasteiger partial charge is 0.257 e. The maximum absolute atomic E-state index is 12.8. The summed E-state index contributed by atoms with van der Waals surface area (Å²) in [6.45, 7) is 2.01. The second-order valence-corrected chi connectivity index (χ2v) is 5.66. The summed E-state index contributed by atoms with van der Waals surface area (Å²) in [5, 5.41) is 13.9. The largest absolute Gasteiger partial charge is 0.619 e. The van der Waals surface area contributed by atoms with E-state index < -0.39 is 11.7 Å². The summed E-state index contributed by atoms with van der Waals surface area (Å²) in [6.07, 6.45) is 3.57. The van der Waals surface area contributed by atoms with E-state index >= 15 is 0 Å². The van der Waals surface area contributed by atoms with Gasteiger partial charge < -0.3 is 15.4 Å². The van der Waals surface area contributed by atoms with Crippen molar-refractivity contribution >= 4 is 11.8 Å². The summed E-state index contributed by atoms with van der Waals surface area (Å²) in [6, 6.07) is 5.46. The summed E-state index contributed by atoms with van der Waals surface area (Å²) in [5.74, 6) is -1.04. The van der Waals surface area contributed by atoms with Gasteiger partial charge in [0.15, 0.2) is 12.4 Å². The predicted molar refractivity (Wildman–Crippen MR) is 87.9 cm³/mol. The molecule has 0 aromatic carbocycles. The van der Waals surface area contributed by atoms with Crippen molar-refractivity contribution in [2.75, 3.05) is 13.6 Å². The van der Waals surface area contributed by atoms with Crippen LogP contribution in [0.2, 0.25) is 0 Å². The first-order chi connectivity index (χ1) is 11.9. The fourth-order valence-corrected chi connectivity index (χ4v) is 2.10. The highest BCUT2D eigenvalue weighted by molar-refractivity contribution is 5.93. The molecule has 0 radical (unpaired) electrons. The van der Waals surface area contributed by atoms with Gasteiger partial charge in [-0.25, -0.2) is 4.39 Å². The van der Waals surface area contributed by atoms with Crippen molar-refractivity contribution < 1.29 is 18.7 Å². The first-order valence-corrected chi connectivity index (χ1v) is 7.70. The molecule has 0 aliphatic rings. The molecule has 132 valence electrons. The van der Waals surface area contributed by atoms with E-state index in [9.17, 15) is 19.2 Å². The summed E-state index contributed by atoms with van der Waals surface area (Å²) in [4.78, 5) is 29.6. The number of halogens is 1. The lowest BCUT2D eigenvalue weighted by atomic mass is 10.2. The van der Waals surface area contributed by atoms with Gasteiger partial charge in [0.1, 0.15) is 11.4 Å². The number of likely N-dealkylation sites (N-methyl/N-ethyl adjacent to an activating group) is 1. The van der Waals surface area contributed by atoms with Crippen molar-refractivity contribution in [3.05, 3.63) is 65.1 Å². The van der Waals surface area contributed by atoms with Gasteiger partial charge >= 0.3 is 0 Å². The molecule has 2 aromatic rings. The predicted octanol–water partition coefficient (Wildman–Crippen LogP) is 0.674. The molecule has 2 aromatic heterocycles. The molecule has 1 atom stereocenters. The van der Waals surface area contributed by atoms with E-state index in [1.165, 1.54) is 41.6 Å². The monoisotopic (exact) mass is 346 g/mol. The van der Waals surface area contributed by atoms with E-state index in [-0.39, 0.29) is 30.5 Å². The molecule has 8 heteroatoms. The van der Waals surface area contributed by atoms with Gasteiger partial charge in [-0.1, -0.05) is 0 Å². The van der Waals surface area contributed by atoms with Gasteiger partial charge in [0.25, 0.3) is 5.91 Å². The lowest BCUT2D eigenvalue weighted by molar-refractivity contribution is -0.605. The number of carbonyl (C=O) groups excluding carboxylic acids is 2. The molecule has 0 spiro atoms. The lowest BCUT2D eigenvalue weighted by Gasteiger charge is -2.25. The van der Waals surface area contributed by atoms with Crippen LogP contribution in [-0.2, 0) is 11.2 Å². The number of rotatable bonds is 6. The Bertz CT molecular complexity index is 752. The number of amides is 2. The van der Waals surface area contributed by atoms with Crippen molar-refractivity contribution in [1.29, 1.82) is 0 Å². The average Bonchev–Trinajstić information content (AvgIpc) is 2.60. The molecule has 0 fully saturated rings. The van der Waals surface area contributed by atoms with Gasteiger partial charge in [-0.3, -0.25) is 14.6 Å². The fraction of sp³-hybridized carbons (Fsp3) is 0.294. The molecule has 0 aliphatic heterocycles. The number of pyridine rings is 2. The molecular formula is C17H19FN4O3. The van der Waals surface area contributed by atoms with Crippen LogP contribution in [0.1, 0.15) is 23.0 Å². The maximum Gasteiger partial charge on any atom is 0.257 e. The average molecular weight is 346 g/mol. The van der Waals surface area contributed by atoms with Crippen LogP contribution in [0.25, 0.3) is 0 Å². The van der Waals surface area contributed by atoms with Gasteiger partial charge in [0.05, 0.1) is 12.6 Å². The molecule has 2 amide bonds. The topological polar surface area (TPSA) is 89.2 Å². The third-order valence-corrected chi connectivity index (χ3v) is 3.77. The zero-order valence-electron chi connectivity index (χ0n) is 14.0. The van der Waals surface area contributed by atoms with Gasteiger partial charge in [-0.05, 0) is 25.1 Å². The van der Waals surface area contributed by atoms with Gasteiger partial charge in [0.2, 0.25) is 5.91 Å². The molecule has 0 saturated heterocycles. The molecule has 1 N–H and O–H groups in total. The Morgan fingerprint density at radius 2 is 2.16 bits per heavy atom. The van der Waals surface area contributed by atoms with Crippen molar-refractivity contribution in [3.8, 4) is 0 Å². The first-order valence-electron chi connectivity index (χ1n) is 7.70. The zero-order chi connectivity index (χ0) is 18.4. The molecule has 25 heavy (non-hydrogen) atoms. The first kappa shape index (κ1) is 18.3. The van der Waals surface area contributed by atoms with E-state index in [0.717, 1.165) is 6.20 Å². The minimum Gasteiger partial charge on any atom is -0.619 e. The molecule has 0 bridgehead atoms. The van der Waals surface area contributed by atoms with E-state index in [1.54, 1.807) is 14.0 Å². The lowest BCUT2D eigenvalue weighted by Crippen LogP contribution is -2.44. The quantitative estimate of drug-likeness (QED) is 0.615. The summed E-state index contributed by atoms with van der Waals surface area (Å²) < 4.78 is 13.4. The highest BCUT2D eigenvalue weighted by Gasteiger charge is 2.18. The van der Waals surface area contributed by atoms with E-state index in [1.807, 2.05) is 0 Å². The molecule has 7 nitrogen and oxygen atoms in total. The van der Waals surface area contributed by atoms with Crippen LogP contribution in [0.5, 0.6) is 0 Å². The number of carbonyl (C=O) groups is 2. The Labute approximate surface area is 144 Å². The van der Waals surface area contributed by atoms with Crippen LogP contribution in [-0.4, -0.2) is 41.3 Å². The Kier molecular flexibility index (Phi) is 5.99. The van der Waals surface area contributed by atoms with Crippen LogP contribution in [0.15, 0.2) is 42.9 Å². The Balaban J connectivity index is 1.86. The van der Waals surface area contributed by atoms with Crippen LogP contribution in [0.3, 0.4) is 0 Å². The molecule has 2 rings (SSSR count). The number of nitrogens with one attached hydrogen (secondary N) is 1. The van der Waals surface area contributed by atoms with Crippen molar-refractivity contribution in [1.82, 2.24) is 15.2 Å². The molecule has 0 unspecified atom stereocenters. The number of hydrogen-bond donors (Lipinski definition) is 1. The Morgan fingerprint density at radius 3 is 2.80 bits per heavy atom. The number of aromatic nitrogens is 2. The van der Waals surface area contributed by atoms with Crippen molar-refractivity contribution in [2.24, 2.45) is 0 Å². The standard InChI is InChI=1S/C17H19FN4O3/c1-12(9-20-17(24)13-4-3-7-22(25)11-13)21(2)16(23)8-15-6-5-14(18)10-19-15/h3-7,10-12H,8-9H2,1-2H3,(H,20,24)/t12-/m1/s1. The highest BCUT2D eigenvalue weighted by atomic mass is 19.1. The zero-order valence-corrected chi connectivity index (χ0v) is 14.0. The van der Waals surface area contributed by atoms with Gasteiger partial charge in [0, 0.05) is 31.4 Å². The second kappa shape index (κ2) is 8.18. The molecule has 0 saturated carbocycles. The van der Waals surface area contributed by atoms with Gasteiger partial charge in [-0.2, -0.15) is 4.73 Å². The minimum absolute atomic E-state index is 0.0456. The van der Waals surface area contributed by atoms with E-state index in [2.05, 4.69) is 10.3 Å². The normalized spacial score (nSPS) is 11.6. The highest BCUT2D eigenvalue weighted by Crippen LogP contribution is 2.04. The second-order valence-electron chi connectivity index (χ2n) is 5.66. The van der Waals surface area contributed by atoms with Crippen LogP contribution in [0.4, 0.5) is 4.39 Å². The third kappa shape index (κ3) is 5.23. The Hall–Kier alpha value is -3.03. The van der Waals surface area contributed by atoms with Crippen LogP contribution >= 0.6 is 0 Å². The summed E-state index contributed by atoms with van der Waals surface area (Å²) in [5.41, 5.74) is 0.716. The SMILES string of the molecule is C[C@H](CNC(=O)c1ccc[n+]([O-])c1)N(C)C(=O)Cc1ccc(F)cn1. The Morgan fingerprint density at radius 1 is 1.40 bits per heavy atom. The minimum atomic E-state index is -0.457. The molecule has 2 heterocycles. The van der Waals surface area contributed by atoms with Gasteiger partial charge in [-0.15, -0.1) is 0 Å². The third-order valence-electron chi connectivity index (χ3n) is 3.77. The fourth-order valence-electron chi connectivity index (χ4n) is 2.10. The summed E-state index contributed by atoms with van der Waals surface area (Å²) >= 11 is 0. The number of hydrogen-bond acceptors (Lipinski definition) is 4. The van der Waals surface area contributed by atoms with Crippen LogP contribution < -0.4 is 10.0 Å². The van der Waals surface area contributed by atoms with E-state index in [4.69, 9.17) is 0 Å². The maximum atomic E-state index is 12.8. The molecular weight excluding hydrogens is 327 g/mol. The summed E-state index contributed by atoms with van der Waals surface area (Å²) in [7, 11) is 1.62. The van der Waals surface area contributed by atoms with Crippen molar-refractivity contribution in [2.45, 2.75) is 19.4 Å². The molecule has 0 aliphatic carbocycles. The number of nitrogens with zero attached hydrogens (tertiary/aromatic N) is 3. The van der Waals surface area contributed by atoms with Crippen molar-refractivity contribution in [3.63, 3.8) is 0 Å².